The molecule has 0 aliphatic heterocycles. The number of rotatable bonds is 6. The molecule has 1 aromatic carbocycles. The van der Waals surface area contributed by atoms with Crippen molar-refractivity contribution in [2.24, 2.45) is 7.05 Å². The molecule has 0 atom stereocenters. The van der Waals surface area contributed by atoms with Crippen molar-refractivity contribution in [1.82, 2.24) is 9.78 Å². The Balaban J connectivity index is 2.08. The van der Waals surface area contributed by atoms with Crippen LogP contribution in [0.5, 0.6) is 11.5 Å². The summed E-state index contributed by atoms with van der Waals surface area (Å²) in [5, 5.41) is 7.19. The molecular weight excluding hydrogens is 350 g/mol. The van der Waals surface area contributed by atoms with Crippen LogP contribution in [0.1, 0.15) is 5.56 Å². The Hall–Kier alpha value is -2.02. The van der Waals surface area contributed by atoms with Crippen molar-refractivity contribution in [2.45, 2.75) is 6.42 Å². The number of methoxy groups -OCH3 is 2. The standard InChI is InChI=1S/C15H18BrN3O3/c1-19-15(20)14(16)12(9-18-19)17-7-6-10-8-11(21-2)4-5-13(10)22-3/h4-5,8-9,17H,6-7H2,1-3H3. The molecule has 7 heteroatoms. The van der Waals surface area contributed by atoms with Gasteiger partial charge in [0.05, 0.1) is 26.1 Å². The predicted molar refractivity (Wildman–Crippen MR) is 88.9 cm³/mol. The Kier molecular flexibility index (Phi) is 5.43. The van der Waals surface area contributed by atoms with Crippen molar-refractivity contribution in [3.05, 3.63) is 44.8 Å². The van der Waals surface area contributed by atoms with Crippen LogP contribution < -0.4 is 20.3 Å². The molecule has 0 saturated heterocycles. The first kappa shape index (κ1) is 16.4. The van der Waals surface area contributed by atoms with Crippen LogP contribution in [0.3, 0.4) is 0 Å². The number of ether oxygens (including phenoxy) is 2. The lowest BCUT2D eigenvalue weighted by molar-refractivity contribution is 0.399. The van der Waals surface area contributed by atoms with Crippen LogP contribution in [-0.4, -0.2) is 30.5 Å². The second-order valence-corrected chi connectivity index (χ2v) is 5.45. The van der Waals surface area contributed by atoms with Crippen LogP contribution in [-0.2, 0) is 13.5 Å². The maximum absolute atomic E-state index is 11.8. The van der Waals surface area contributed by atoms with Crippen LogP contribution in [0.15, 0.2) is 33.7 Å². The Bertz CT molecular complexity index is 716. The van der Waals surface area contributed by atoms with Gasteiger partial charge in [-0.25, -0.2) is 4.68 Å². The molecule has 22 heavy (non-hydrogen) atoms. The summed E-state index contributed by atoms with van der Waals surface area (Å²) < 4.78 is 12.3. The summed E-state index contributed by atoms with van der Waals surface area (Å²) in [5.74, 6) is 1.59. The summed E-state index contributed by atoms with van der Waals surface area (Å²) in [7, 11) is 4.88. The second kappa shape index (κ2) is 7.31. The van der Waals surface area contributed by atoms with Crippen LogP contribution in [0.25, 0.3) is 0 Å². The number of nitrogens with one attached hydrogen (secondary N) is 1. The summed E-state index contributed by atoms with van der Waals surface area (Å²) in [6.07, 6.45) is 2.34. The Labute approximate surface area is 137 Å². The van der Waals surface area contributed by atoms with Gasteiger partial charge in [-0.1, -0.05) is 0 Å². The van der Waals surface area contributed by atoms with Gasteiger partial charge in [-0.05, 0) is 46.1 Å². The highest BCUT2D eigenvalue weighted by Gasteiger charge is 2.08. The number of nitrogens with zero attached hydrogens (tertiary/aromatic N) is 2. The van der Waals surface area contributed by atoms with Crippen LogP contribution in [0.2, 0.25) is 0 Å². The molecule has 0 aliphatic rings. The predicted octanol–water partition coefficient (Wildman–Crippen LogP) is 2.21. The number of benzene rings is 1. The van der Waals surface area contributed by atoms with Gasteiger partial charge >= 0.3 is 0 Å². The molecule has 0 saturated carbocycles. The molecule has 1 aromatic heterocycles. The van der Waals surface area contributed by atoms with E-state index in [-0.39, 0.29) is 5.56 Å². The van der Waals surface area contributed by atoms with E-state index < -0.39 is 0 Å². The van der Waals surface area contributed by atoms with Crippen molar-refractivity contribution in [3.8, 4) is 11.5 Å². The van der Waals surface area contributed by atoms with E-state index in [1.54, 1.807) is 27.5 Å². The summed E-state index contributed by atoms with van der Waals surface area (Å²) in [6, 6.07) is 5.68. The number of hydrogen-bond donors (Lipinski definition) is 1. The minimum absolute atomic E-state index is 0.177. The molecule has 0 unspecified atom stereocenters. The average molecular weight is 368 g/mol. The maximum Gasteiger partial charge on any atom is 0.282 e. The van der Waals surface area contributed by atoms with Gasteiger partial charge in [0.25, 0.3) is 5.56 Å². The Morgan fingerprint density at radius 3 is 2.77 bits per heavy atom. The van der Waals surface area contributed by atoms with Crippen molar-refractivity contribution in [3.63, 3.8) is 0 Å². The minimum atomic E-state index is -0.177. The summed E-state index contributed by atoms with van der Waals surface area (Å²) in [4.78, 5) is 11.8. The van der Waals surface area contributed by atoms with Crippen LogP contribution in [0, 0.1) is 0 Å². The third kappa shape index (κ3) is 3.59. The van der Waals surface area contributed by atoms with Crippen molar-refractivity contribution in [2.75, 3.05) is 26.1 Å². The molecule has 6 nitrogen and oxygen atoms in total. The fourth-order valence-electron chi connectivity index (χ4n) is 2.04. The van der Waals surface area contributed by atoms with Gasteiger partial charge in [0.1, 0.15) is 16.0 Å². The highest BCUT2D eigenvalue weighted by atomic mass is 79.9. The summed E-state index contributed by atoms with van der Waals surface area (Å²) in [5.41, 5.74) is 1.52. The molecule has 0 radical (unpaired) electrons. The van der Waals surface area contributed by atoms with Crippen LogP contribution >= 0.6 is 15.9 Å². The molecule has 118 valence electrons. The highest BCUT2D eigenvalue weighted by molar-refractivity contribution is 9.10. The molecule has 1 heterocycles. The highest BCUT2D eigenvalue weighted by Crippen LogP contribution is 2.24. The number of aromatic nitrogens is 2. The molecule has 0 amide bonds. The zero-order chi connectivity index (χ0) is 16.1. The van der Waals surface area contributed by atoms with Crippen molar-refractivity contribution < 1.29 is 9.47 Å². The topological polar surface area (TPSA) is 65.4 Å². The number of hydrogen-bond acceptors (Lipinski definition) is 5. The zero-order valence-corrected chi connectivity index (χ0v) is 14.3. The summed E-state index contributed by atoms with van der Waals surface area (Å²) >= 11 is 3.29. The molecule has 0 fully saturated rings. The van der Waals surface area contributed by atoms with Gasteiger partial charge in [0.15, 0.2) is 0 Å². The second-order valence-electron chi connectivity index (χ2n) is 4.66. The third-order valence-electron chi connectivity index (χ3n) is 3.28. The van der Waals surface area contributed by atoms with E-state index in [0.717, 1.165) is 23.5 Å². The molecule has 1 N–H and O–H groups in total. The Morgan fingerprint density at radius 2 is 2.09 bits per heavy atom. The molecule has 0 aliphatic carbocycles. The Morgan fingerprint density at radius 1 is 1.32 bits per heavy atom. The smallest absolute Gasteiger partial charge is 0.282 e. The third-order valence-corrected chi connectivity index (χ3v) is 4.04. The zero-order valence-electron chi connectivity index (χ0n) is 12.7. The lowest BCUT2D eigenvalue weighted by atomic mass is 10.1. The normalized spacial score (nSPS) is 10.4. The number of halogens is 1. The van der Waals surface area contributed by atoms with Gasteiger partial charge in [-0.15, -0.1) is 0 Å². The fraction of sp³-hybridized carbons (Fsp3) is 0.333. The first-order valence-electron chi connectivity index (χ1n) is 6.73. The molecule has 0 bridgehead atoms. The largest absolute Gasteiger partial charge is 0.497 e. The SMILES string of the molecule is COc1ccc(OC)c(CCNc2cnn(C)c(=O)c2Br)c1. The monoisotopic (exact) mass is 367 g/mol. The molecule has 2 rings (SSSR count). The van der Waals surface area contributed by atoms with E-state index in [1.807, 2.05) is 18.2 Å². The first-order valence-corrected chi connectivity index (χ1v) is 7.52. The van der Waals surface area contributed by atoms with Gasteiger partial charge in [0.2, 0.25) is 0 Å². The van der Waals surface area contributed by atoms with Gasteiger partial charge in [-0.2, -0.15) is 5.10 Å². The summed E-state index contributed by atoms with van der Waals surface area (Å²) in [6.45, 7) is 0.636. The quantitative estimate of drug-likeness (QED) is 0.847. The van der Waals surface area contributed by atoms with Crippen molar-refractivity contribution in [1.29, 1.82) is 0 Å². The first-order chi connectivity index (χ1) is 10.6. The van der Waals surface area contributed by atoms with Gasteiger partial charge in [0, 0.05) is 13.6 Å². The fourth-order valence-corrected chi connectivity index (χ4v) is 2.54. The van der Waals surface area contributed by atoms with Gasteiger partial charge in [-0.3, -0.25) is 4.79 Å². The van der Waals surface area contributed by atoms with E-state index in [2.05, 4.69) is 26.3 Å². The molecule has 0 spiro atoms. The lowest BCUT2D eigenvalue weighted by Gasteiger charge is -2.12. The van der Waals surface area contributed by atoms with Crippen molar-refractivity contribution >= 4 is 21.6 Å². The van der Waals surface area contributed by atoms with E-state index >= 15 is 0 Å². The molecular formula is C15H18BrN3O3. The van der Waals surface area contributed by atoms with Gasteiger partial charge < -0.3 is 14.8 Å². The van der Waals surface area contributed by atoms with E-state index in [9.17, 15) is 4.79 Å². The minimum Gasteiger partial charge on any atom is -0.497 e. The van der Waals surface area contributed by atoms with Crippen LogP contribution in [0.4, 0.5) is 5.69 Å². The average Bonchev–Trinajstić information content (AvgIpc) is 2.54. The molecule has 2 aromatic rings. The van der Waals surface area contributed by atoms with E-state index in [1.165, 1.54) is 4.68 Å². The lowest BCUT2D eigenvalue weighted by Crippen LogP contribution is -2.21. The van der Waals surface area contributed by atoms with E-state index in [0.29, 0.717) is 16.7 Å². The van der Waals surface area contributed by atoms with E-state index in [4.69, 9.17) is 9.47 Å². The number of aryl methyl sites for hydroxylation is 1. The number of anilines is 1. The maximum atomic E-state index is 11.8.